The number of benzene rings is 1. The number of fused-ring (bicyclic) bond motifs is 3. The minimum Gasteiger partial charge on any atom is -0.493 e. The van der Waals surface area contributed by atoms with Gasteiger partial charge in [-0.1, -0.05) is 6.92 Å². The highest BCUT2D eigenvalue weighted by Crippen LogP contribution is 2.27. The molecule has 0 aliphatic rings. The Balaban J connectivity index is 1.82. The summed E-state index contributed by atoms with van der Waals surface area (Å²) in [5.41, 5.74) is 0.218. The van der Waals surface area contributed by atoms with Crippen LogP contribution in [0.5, 0.6) is 11.5 Å². The van der Waals surface area contributed by atoms with Gasteiger partial charge in [0.05, 0.1) is 19.7 Å². The number of aromatic nitrogens is 4. The number of rotatable bonds is 7. The molecule has 0 amide bonds. The number of nitrogens with zero attached hydrogens (tertiary/aromatic N) is 4. The fourth-order valence-corrected chi connectivity index (χ4v) is 4.22. The molecule has 0 aliphatic carbocycles. The lowest BCUT2D eigenvalue weighted by Crippen LogP contribution is -2.27. The van der Waals surface area contributed by atoms with E-state index < -0.39 is 5.69 Å². The number of thiophene rings is 1. The zero-order valence-corrected chi connectivity index (χ0v) is 17.6. The molecule has 0 atom stereocenters. The molecule has 3 heterocycles. The van der Waals surface area contributed by atoms with E-state index in [0.717, 1.165) is 4.68 Å². The monoisotopic (exact) mass is 428 g/mol. The van der Waals surface area contributed by atoms with Gasteiger partial charge in [-0.3, -0.25) is 14.2 Å². The maximum Gasteiger partial charge on any atom is 0.352 e. The second-order valence-electron chi connectivity index (χ2n) is 6.66. The largest absolute Gasteiger partial charge is 0.493 e. The van der Waals surface area contributed by atoms with E-state index in [1.54, 1.807) is 29.6 Å². The average molecular weight is 428 g/mol. The highest BCUT2D eigenvalue weighted by molar-refractivity contribution is 7.17. The minimum absolute atomic E-state index is 0.183. The molecule has 0 spiro atoms. The Labute approximate surface area is 174 Å². The molecule has 10 heteroatoms. The first-order chi connectivity index (χ1) is 14.5. The van der Waals surface area contributed by atoms with Crippen LogP contribution >= 0.6 is 11.3 Å². The Bertz CT molecular complexity index is 1380. The number of aryl methyl sites for hydroxylation is 1. The summed E-state index contributed by atoms with van der Waals surface area (Å²) in [6, 6.07) is 6.52. The maximum atomic E-state index is 13.1. The quantitative estimate of drug-likeness (QED) is 0.419. The summed E-state index contributed by atoms with van der Waals surface area (Å²) < 4.78 is 14.9. The van der Waals surface area contributed by atoms with Crippen molar-refractivity contribution in [3.8, 4) is 11.5 Å². The number of ether oxygens (including phenoxy) is 2. The van der Waals surface area contributed by atoms with Crippen molar-refractivity contribution in [2.75, 3.05) is 14.2 Å². The van der Waals surface area contributed by atoms with Crippen LogP contribution in [0.15, 0.2) is 39.2 Å². The van der Waals surface area contributed by atoms with Crippen molar-refractivity contribution in [1.29, 1.82) is 0 Å². The third kappa shape index (κ3) is 3.09. The topological polar surface area (TPSA) is 96.8 Å². The molecule has 0 N–H and O–H groups in total. The molecular weight excluding hydrogens is 408 g/mol. The molecule has 0 aliphatic heterocycles. The summed E-state index contributed by atoms with van der Waals surface area (Å²) in [7, 11) is 2.99. The van der Waals surface area contributed by atoms with Crippen molar-refractivity contribution >= 4 is 33.1 Å². The molecule has 0 fully saturated rings. The van der Waals surface area contributed by atoms with Gasteiger partial charge in [0.25, 0.3) is 5.56 Å². The SMILES string of the molecule is CCCn1c(=O)c2sccc2n2c(=O)n(CC(=O)c3ccc(OC)c(OC)c3)nc12. The predicted octanol–water partition coefficient (Wildman–Crippen LogP) is 2.18. The summed E-state index contributed by atoms with van der Waals surface area (Å²) in [5, 5.41) is 6.09. The third-order valence-corrected chi connectivity index (χ3v) is 5.73. The molecule has 3 aromatic heterocycles. The second-order valence-corrected chi connectivity index (χ2v) is 7.58. The standard InChI is InChI=1S/C20H20N4O5S/c1-4-8-22-18(26)17-13(7-9-30-17)24-19(22)21-23(20(24)27)11-14(25)12-5-6-15(28-2)16(10-12)29-3/h5-7,9-10H,4,8,11H2,1-3H3. The summed E-state index contributed by atoms with van der Waals surface area (Å²) in [4.78, 5) is 38.7. The van der Waals surface area contributed by atoms with Crippen molar-refractivity contribution < 1.29 is 14.3 Å². The number of carbonyl (C=O) groups excluding carboxylic acids is 1. The fraction of sp³-hybridized carbons (Fsp3) is 0.300. The van der Waals surface area contributed by atoms with Crippen LogP contribution in [0.1, 0.15) is 23.7 Å². The van der Waals surface area contributed by atoms with Crippen molar-refractivity contribution in [2.45, 2.75) is 26.4 Å². The molecule has 4 rings (SSSR count). The van der Waals surface area contributed by atoms with Crippen LogP contribution < -0.4 is 20.7 Å². The van der Waals surface area contributed by atoms with Crippen LogP contribution in [0.3, 0.4) is 0 Å². The van der Waals surface area contributed by atoms with Crippen LogP contribution in [0.4, 0.5) is 0 Å². The van der Waals surface area contributed by atoms with E-state index in [1.807, 2.05) is 6.92 Å². The van der Waals surface area contributed by atoms with E-state index in [9.17, 15) is 14.4 Å². The molecule has 4 aromatic rings. The first-order valence-corrected chi connectivity index (χ1v) is 10.2. The molecule has 30 heavy (non-hydrogen) atoms. The van der Waals surface area contributed by atoms with Gasteiger partial charge in [0, 0.05) is 12.1 Å². The Hall–Kier alpha value is -3.40. The summed E-state index contributed by atoms with van der Waals surface area (Å²) in [5.74, 6) is 0.843. The maximum absolute atomic E-state index is 13.1. The zero-order valence-electron chi connectivity index (χ0n) is 16.7. The van der Waals surface area contributed by atoms with Crippen LogP contribution in [-0.2, 0) is 13.1 Å². The Morgan fingerprint density at radius 1 is 1.13 bits per heavy atom. The van der Waals surface area contributed by atoms with Crippen LogP contribution in [0.25, 0.3) is 16.0 Å². The lowest BCUT2D eigenvalue weighted by atomic mass is 10.1. The molecule has 0 saturated heterocycles. The van der Waals surface area contributed by atoms with Gasteiger partial charge in [0.2, 0.25) is 5.78 Å². The lowest BCUT2D eigenvalue weighted by Gasteiger charge is -2.08. The van der Waals surface area contributed by atoms with E-state index in [1.165, 1.54) is 34.5 Å². The number of carbonyl (C=O) groups is 1. The van der Waals surface area contributed by atoms with Gasteiger partial charge in [-0.2, -0.15) is 0 Å². The highest BCUT2D eigenvalue weighted by atomic mass is 32.1. The molecule has 0 unspecified atom stereocenters. The van der Waals surface area contributed by atoms with Gasteiger partial charge in [0.15, 0.2) is 17.3 Å². The Morgan fingerprint density at radius 2 is 1.90 bits per heavy atom. The first-order valence-electron chi connectivity index (χ1n) is 9.35. The van der Waals surface area contributed by atoms with Crippen LogP contribution in [0.2, 0.25) is 0 Å². The summed E-state index contributed by atoms with van der Waals surface area (Å²) >= 11 is 1.28. The second kappa shape index (κ2) is 7.79. The first kappa shape index (κ1) is 19.9. The molecule has 156 valence electrons. The van der Waals surface area contributed by atoms with E-state index in [2.05, 4.69) is 5.10 Å². The van der Waals surface area contributed by atoms with Crippen molar-refractivity contribution in [3.05, 3.63) is 56.0 Å². The van der Waals surface area contributed by atoms with Crippen LogP contribution in [-0.4, -0.2) is 38.8 Å². The van der Waals surface area contributed by atoms with E-state index in [-0.39, 0.29) is 23.7 Å². The van der Waals surface area contributed by atoms with Gasteiger partial charge in [-0.15, -0.1) is 16.4 Å². The van der Waals surface area contributed by atoms with Crippen molar-refractivity contribution in [2.24, 2.45) is 0 Å². The molecular formula is C20H20N4O5S. The third-order valence-electron chi connectivity index (χ3n) is 4.83. The van der Waals surface area contributed by atoms with E-state index >= 15 is 0 Å². The highest BCUT2D eigenvalue weighted by Gasteiger charge is 2.20. The molecule has 9 nitrogen and oxygen atoms in total. The minimum atomic E-state index is -0.466. The summed E-state index contributed by atoms with van der Waals surface area (Å²) in [6.45, 7) is 2.11. The van der Waals surface area contributed by atoms with Gasteiger partial charge in [-0.25, -0.2) is 13.9 Å². The van der Waals surface area contributed by atoms with Crippen molar-refractivity contribution in [3.63, 3.8) is 0 Å². The zero-order chi connectivity index (χ0) is 21.4. The normalized spacial score (nSPS) is 11.3. The molecule has 0 saturated carbocycles. The van der Waals surface area contributed by atoms with Gasteiger partial charge in [0.1, 0.15) is 11.2 Å². The van der Waals surface area contributed by atoms with Crippen LogP contribution in [0, 0.1) is 0 Å². The van der Waals surface area contributed by atoms with Gasteiger partial charge >= 0.3 is 5.69 Å². The number of methoxy groups -OCH3 is 2. The van der Waals surface area contributed by atoms with Gasteiger partial charge in [-0.05, 0) is 36.1 Å². The number of Topliss-reactive ketones (excluding diaryl/α,β-unsaturated/α-hetero) is 1. The molecule has 0 radical (unpaired) electrons. The predicted molar refractivity (Wildman–Crippen MR) is 113 cm³/mol. The number of hydrogen-bond donors (Lipinski definition) is 0. The van der Waals surface area contributed by atoms with E-state index in [0.29, 0.717) is 40.2 Å². The average Bonchev–Trinajstić information content (AvgIpc) is 3.35. The lowest BCUT2D eigenvalue weighted by molar-refractivity contribution is 0.0966. The van der Waals surface area contributed by atoms with Crippen molar-refractivity contribution in [1.82, 2.24) is 18.7 Å². The number of ketones is 1. The molecule has 1 aromatic carbocycles. The van der Waals surface area contributed by atoms with E-state index in [4.69, 9.17) is 9.47 Å². The number of hydrogen-bond acceptors (Lipinski definition) is 7. The molecule has 0 bridgehead atoms. The Morgan fingerprint density at radius 3 is 2.60 bits per heavy atom. The Kier molecular flexibility index (Phi) is 5.17. The smallest absolute Gasteiger partial charge is 0.352 e. The summed E-state index contributed by atoms with van der Waals surface area (Å²) in [6.07, 6.45) is 0.706. The van der Waals surface area contributed by atoms with Gasteiger partial charge < -0.3 is 9.47 Å². The fourth-order valence-electron chi connectivity index (χ4n) is 3.40.